The highest BCUT2D eigenvalue weighted by molar-refractivity contribution is 6.01. The Morgan fingerprint density at radius 1 is 1.28 bits per heavy atom. The molecule has 0 spiro atoms. The Kier molecular flexibility index (Phi) is 3.40. The van der Waals surface area contributed by atoms with E-state index in [1.165, 1.54) is 6.07 Å². The third kappa shape index (κ3) is 2.55. The molecule has 1 saturated heterocycles. The fraction of sp³-hybridized carbons (Fsp3) is 0.273. The molecule has 1 fully saturated rings. The van der Waals surface area contributed by atoms with E-state index in [0.717, 1.165) is 17.0 Å². The van der Waals surface area contributed by atoms with E-state index in [1.807, 2.05) is 0 Å². The van der Waals surface area contributed by atoms with Gasteiger partial charge in [0.15, 0.2) is 11.6 Å². The molecule has 0 aromatic heterocycles. The van der Waals surface area contributed by atoms with Crippen LogP contribution in [0.1, 0.15) is 0 Å². The number of amides is 3. The van der Waals surface area contributed by atoms with E-state index in [-0.39, 0.29) is 31.4 Å². The van der Waals surface area contributed by atoms with Crippen LogP contribution < -0.4 is 10.1 Å². The molecule has 18 heavy (non-hydrogen) atoms. The second-order valence-electron chi connectivity index (χ2n) is 3.63. The van der Waals surface area contributed by atoms with E-state index in [9.17, 15) is 18.4 Å². The van der Waals surface area contributed by atoms with Gasteiger partial charge in [-0.05, 0) is 12.1 Å². The number of carbonyl (C=O) groups is 2. The molecule has 0 radical (unpaired) electrons. The lowest BCUT2D eigenvalue weighted by atomic mass is 10.3. The van der Waals surface area contributed by atoms with Crippen molar-refractivity contribution in [2.75, 3.05) is 19.7 Å². The largest absolute Gasteiger partial charge is 0.492 e. The highest BCUT2D eigenvalue weighted by atomic mass is 19.2. The van der Waals surface area contributed by atoms with Crippen molar-refractivity contribution in [3.63, 3.8) is 0 Å². The molecule has 1 aliphatic heterocycles. The molecular weight excluding hydrogens is 246 g/mol. The van der Waals surface area contributed by atoms with Gasteiger partial charge < -0.3 is 10.1 Å². The Morgan fingerprint density at radius 3 is 2.67 bits per heavy atom. The molecule has 0 bridgehead atoms. The molecule has 0 unspecified atom stereocenters. The number of nitrogens with one attached hydrogen (secondary N) is 1. The zero-order chi connectivity index (χ0) is 13.1. The SMILES string of the molecule is O=C1CNC(=O)N1CCOc1ccc(F)c(F)c1. The molecule has 1 aromatic rings. The van der Waals surface area contributed by atoms with Crippen LogP contribution in [0.3, 0.4) is 0 Å². The summed E-state index contributed by atoms with van der Waals surface area (Å²) in [6.07, 6.45) is 0. The molecule has 1 heterocycles. The number of halogens is 2. The minimum atomic E-state index is -1.01. The third-order valence-electron chi connectivity index (χ3n) is 2.41. The van der Waals surface area contributed by atoms with E-state index < -0.39 is 17.7 Å². The zero-order valence-corrected chi connectivity index (χ0v) is 9.28. The summed E-state index contributed by atoms with van der Waals surface area (Å²) < 4.78 is 30.6. The number of rotatable bonds is 4. The number of hydrogen-bond acceptors (Lipinski definition) is 3. The van der Waals surface area contributed by atoms with E-state index >= 15 is 0 Å². The van der Waals surface area contributed by atoms with Crippen LogP contribution in [0.4, 0.5) is 13.6 Å². The topological polar surface area (TPSA) is 58.6 Å². The average Bonchev–Trinajstić information content (AvgIpc) is 2.65. The number of hydrogen-bond donors (Lipinski definition) is 1. The Bertz CT molecular complexity index is 477. The summed E-state index contributed by atoms with van der Waals surface area (Å²) in [6, 6.07) is 2.64. The first-order valence-electron chi connectivity index (χ1n) is 5.24. The maximum atomic E-state index is 12.8. The normalized spacial score (nSPS) is 14.9. The van der Waals surface area contributed by atoms with Crippen LogP contribution in [-0.4, -0.2) is 36.5 Å². The molecule has 2 rings (SSSR count). The minimum absolute atomic E-state index is 0.0181. The molecule has 1 aromatic carbocycles. The number of imide groups is 1. The van der Waals surface area contributed by atoms with Gasteiger partial charge in [-0.3, -0.25) is 9.69 Å². The lowest BCUT2D eigenvalue weighted by molar-refractivity contribution is -0.125. The summed E-state index contributed by atoms with van der Waals surface area (Å²) in [5.41, 5.74) is 0. The van der Waals surface area contributed by atoms with Crippen LogP contribution in [0, 0.1) is 11.6 Å². The summed E-state index contributed by atoms with van der Waals surface area (Å²) in [5.74, 6) is -2.17. The predicted molar refractivity (Wildman–Crippen MR) is 57.0 cm³/mol. The van der Waals surface area contributed by atoms with Crippen molar-refractivity contribution in [3.05, 3.63) is 29.8 Å². The van der Waals surface area contributed by atoms with Gasteiger partial charge in [0.05, 0.1) is 13.1 Å². The number of nitrogens with zero attached hydrogens (tertiary/aromatic N) is 1. The van der Waals surface area contributed by atoms with Crippen molar-refractivity contribution in [2.45, 2.75) is 0 Å². The molecule has 0 saturated carbocycles. The molecule has 0 aliphatic carbocycles. The van der Waals surface area contributed by atoms with Crippen LogP contribution in [0.5, 0.6) is 5.75 Å². The second-order valence-corrected chi connectivity index (χ2v) is 3.63. The lowest BCUT2D eigenvalue weighted by Crippen LogP contribution is -2.34. The van der Waals surface area contributed by atoms with Crippen LogP contribution in [0.25, 0.3) is 0 Å². The standard InChI is InChI=1S/C11H10F2N2O3/c12-8-2-1-7(5-9(8)13)18-4-3-15-10(16)6-14-11(15)17/h1-2,5H,3-4,6H2,(H,14,17). The van der Waals surface area contributed by atoms with E-state index in [2.05, 4.69) is 5.32 Å². The quantitative estimate of drug-likeness (QED) is 0.814. The van der Waals surface area contributed by atoms with Crippen molar-refractivity contribution in [1.29, 1.82) is 0 Å². The van der Waals surface area contributed by atoms with Gasteiger partial charge in [-0.15, -0.1) is 0 Å². The molecule has 5 nitrogen and oxygen atoms in total. The van der Waals surface area contributed by atoms with Crippen LogP contribution >= 0.6 is 0 Å². The summed E-state index contributed by atoms with van der Waals surface area (Å²) >= 11 is 0. The van der Waals surface area contributed by atoms with E-state index in [0.29, 0.717) is 0 Å². The van der Waals surface area contributed by atoms with Gasteiger partial charge in [0.25, 0.3) is 0 Å². The van der Waals surface area contributed by atoms with Crippen LogP contribution in [0.15, 0.2) is 18.2 Å². The Balaban J connectivity index is 1.86. The van der Waals surface area contributed by atoms with Gasteiger partial charge in [-0.2, -0.15) is 0 Å². The maximum absolute atomic E-state index is 12.8. The fourth-order valence-electron chi connectivity index (χ4n) is 1.50. The summed E-state index contributed by atoms with van der Waals surface area (Å²) in [4.78, 5) is 23.4. The van der Waals surface area contributed by atoms with Crippen LogP contribution in [-0.2, 0) is 4.79 Å². The third-order valence-corrected chi connectivity index (χ3v) is 2.41. The molecule has 3 amide bonds. The molecular formula is C11H10F2N2O3. The first kappa shape index (κ1) is 12.3. The molecule has 7 heteroatoms. The molecule has 1 aliphatic rings. The van der Waals surface area contributed by atoms with E-state index in [4.69, 9.17) is 4.74 Å². The second kappa shape index (κ2) is 4.99. The summed E-state index contributed by atoms with van der Waals surface area (Å²) in [6.45, 7) is 0.0535. The number of carbonyl (C=O) groups excluding carboxylic acids is 2. The van der Waals surface area contributed by atoms with Crippen molar-refractivity contribution >= 4 is 11.9 Å². The molecule has 0 atom stereocenters. The van der Waals surface area contributed by atoms with Gasteiger partial charge in [0.1, 0.15) is 12.4 Å². The minimum Gasteiger partial charge on any atom is -0.492 e. The van der Waals surface area contributed by atoms with Gasteiger partial charge in [-0.25, -0.2) is 13.6 Å². The van der Waals surface area contributed by atoms with Crippen molar-refractivity contribution in [1.82, 2.24) is 10.2 Å². The van der Waals surface area contributed by atoms with Crippen molar-refractivity contribution < 1.29 is 23.1 Å². The lowest BCUT2D eigenvalue weighted by Gasteiger charge is -2.13. The highest BCUT2D eigenvalue weighted by Crippen LogP contribution is 2.15. The zero-order valence-electron chi connectivity index (χ0n) is 9.28. The van der Waals surface area contributed by atoms with Gasteiger partial charge in [-0.1, -0.05) is 0 Å². The molecule has 1 N–H and O–H groups in total. The Morgan fingerprint density at radius 2 is 2.06 bits per heavy atom. The van der Waals surface area contributed by atoms with E-state index in [1.54, 1.807) is 0 Å². The number of benzene rings is 1. The monoisotopic (exact) mass is 256 g/mol. The first-order valence-corrected chi connectivity index (χ1v) is 5.24. The van der Waals surface area contributed by atoms with Gasteiger partial charge >= 0.3 is 6.03 Å². The Hall–Kier alpha value is -2.18. The summed E-state index contributed by atoms with van der Waals surface area (Å²) in [7, 11) is 0. The predicted octanol–water partition coefficient (Wildman–Crippen LogP) is 0.895. The smallest absolute Gasteiger partial charge is 0.324 e. The fourth-order valence-corrected chi connectivity index (χ4v) is 1.50. The Labute approximate surface area is 101 Å². The maximum Gasteiger partial charge on any atom is 0.324 e. The molecule has 96 valence electrons. The van der Waals surface area contributed by atoms with Gasteiger partial charge in [0, 0.05) is 6.07 Å². The highest BCUT2D eigenvalue weighted by Gasteiger charge is 2.27. The van der Waals surface area contributed by atoms with Crippen LogP contribution in [0.2, 0.25) is 0 Å². The van der Waals surface area contributed by atoms with Crippen molar-refractivity contribution in [2.24, 2.45) is 0 Å². The first-order chi connectivity index (χ1) is 8.58. The number of urea groups is 1. The summed E-state index contributed by atoms with van der Waals surface area (Å²) in [5, 5.41) is 2.36. The average molecular weight is 256 g/mol. The van der Waals surface area contributed by atoms with Crippen molar-refractivity contribution in [3.8, 4) is 5.75 Å². The number of ether oxygens (including phenoxy) is 1. The van der Waals surface area contributed by atoms with Gasteiger partial charge in [0.2, 0.25) is 5.91 Å².